The van der Waals surface area contributed by atoms with Gasteiger partial charge in [0.15, 0.2) is 5.76 Å². The van der Waals surface area contributed by atoms with Gasteiger partial charge in [-0.15, -0.1) is 0 Å². The fourth-order valence-electron chi connectivity index (χ4n) is 4.63. The Balaban J connectivity index is 1.35. The minimum absolute atomic E-state index is 0.132. The van der Waals surface area contributed by atoms with Crippen LogP contribution in [0.3, 0.4) is 0 Å². The van der Waals surface area contributed by atoms with Gasteiger partial charge in [0.05, 0.1) is 25.3 Å². The predicted molar refractivity (Wildman–Crippen MR) is 121 cm³/mol. The fourth-order valence-corrected chi connectivity index (χ4v) is 4.63. The molecule has 1 saturated heterocycles. The van der Waals surface area contributed by atoms with Gasteiger partial charge >= 0.3 is 5.97 Å². The van der Waals surface area contributed by atoms with Gasteiger partial charge in [-0.2, -0.15) is 5.10 Å². The second kappa shape index (κ2) is 9.23. The highest BCUT2D eigenvalue weighted by atomic mass is 16.5. The first-order valence-electron chi connectivity index (χ1n) is 11.4. The van der Waals surface area contributed by atoms with Crippen molar-refractivity contribution in [2.75, 3.05) is 26.2 Å². The molecule has 8 nitrogen and oxygen atoms in total. The van der Waals surface area contributed by atoms with Crippen molar-refractivity contribution in [3.05, 3.63) is 60.2 Å². The van der Waals surface area contributed by atoms with Gasteiger partial charge in [0.2, 0.25) is 0 Å². The smallest absolute Gasteiger partial charge is 0.310 e. The SMILES string of the molecule is CCOC(=O)C1CCCN(CC(=O)N2N=C(c3cc4ccccc4o3)CC2c2ccco2)C1. The van der Waals surface area contributed by atoms with Gasteiger partial charge in [0.25, 0.3) is 5.91 Å². The number of para-hydroxylation sites is 1. The topological polar surface area (TPSA) is 88.5 Å². The van der Waals surface area contributed by atoms with Gasteiger partial charge in [-0.05, 0) is 50.6 Å². The van der Waals surface area contributed by atoms with Gasteiger partial charge in [-0.1, -0.05) is 18.2 Å². The number of furan rings is 2. The minimum atomic E-state index is -0.332. The molecule has 2 unspecified atom stereocenters. The van der Waals surface area contributed by atoms with Crippen LogP contribution in [0.15, 0.2) is 62.7 Å². The monoisotopic (exact) mass is 449 g/mol. The van der Waals surface area contributed by atoms with Crippen LogP contribution in [0.5, 0.6) is 0 Å². The zero-order valence-corrected chi connectivity index (χ0v) is 18.6. The number of amides is 1. The molecular formula is C25H27N3O5. The lowest BCUT2D eigenvalue weighted by molar-refractivity contribution is -0.150. The van der Waals surface area contributed by atoms with Crippen molar-refractivity contribution < 1.29 is 23.2 Å². The van der Waals surface area contributed by atoms with Crippen LogP contribution in [0, 0.1) is 5.92 Å². The number of rotatable bonds is 6. The first-order chi connectivity index (χ1) is 16.1. The molecule has 172 valence electrons. The van der Waals surface area contributed by atoms with E-state index in [1.165, 1.54) is 5.01 Å². The molecule has 8 heteroatoms. The number of piperidine rings is 1. The number of likely N-dealkylation sites (tertiary alicyclic amines) is 1. The number of carbonyl (C=O) groups excluding carboxylic acids is 2. The van der Waals surface area contributed by atoms with Crippen molar-refractivity contribution in [2.45, 2.75) is 32.2 Å². The summed E-state index contributed by atoms with van der Waals surface area (Å²) in [6.07, 6.45) is 3.75. The van der Waals surface area contributed by atoms with Crippen molar-refractivity contribution in [2.24, 2.45) is 11.0 Å². The third-order valence-electron chi connectivity index (χ3n) is 6.23. The largest absolute Gasteiger partial charge is 0.467 e. The quantitative estimate of drug-likeness (QED) is 0.529. The summed E-state index contributed by atoms with van der Waals surface area (Å²) in [6.45, 7) is 3.64. The molecule has 0 radical (unpaired) electrons. The highest BCUT2D eigenvalue weighted by Gasteiger charge is 2.37. The number of fused-ring (bicyclic) bond motifs is 1. The van der Waals surface area contributed by atoms with Crippen LogP contribution in [-0.4, -0.2) is 53.7 Å². The molecule has 0 bridgehead atoms. The summed E-state index contributed by atoms with van der Waals surface area (Å²) in [7, 11) is 0. The highest BCUT2D eigenvalue weighted by Crippen LogP contribution is 2.34. The summed E-state index contributed by atoms with van der Waals surface area (Å²) < 4.78 is 16.8. The van der Waals surface area contributed by atoms with E-state index in [1.54, 1.807) is 6.26 Å². The first kappa shape index (κ1) is 21.5. The molecule has 0 aliphatic carbocycles. The molecule has 1 amide bonds. The zero-order chi connectivity index (χ0) is 22.8. The molecule has 2 aliphatic rings. The normalized spacial score (nSPS) is 21.4. The van der Waals surface area contributed by atoms with E-state index in [2.05, 4.69) is 5.10 Å². The molecule has 1 fully saturated rings. The van der Waals surface area contributed by atoms with E-state index in [4.69, 9.17) is 13.6 Å². The Labute approximate surface area is 191 Å². The Hall–Kier alpha value is -3.39. The Morgan fingerprint density at radius 1 is 1.21 bits per heavy atom. The van der Waals surface area contributed by atoms with Gasteiger partial charge in [-0.3, -0.25) is 14.5 Å². The van der Waals surface area contributed by atoms with Crippen LogP contribution in [0.1, 0.15) is 43.7 Å². The first-order valence-corrected chi connectivity index (χ1v) is 11.4. The average Bonchev–Trinajstić information content (AvgIpc) is 3.58. The summed E-state index contributed by atoms with van der Waals surface area (Å²) in [5.41, 5.74) is 1.50. The third-order valence-corrected chi connectivity index (χ3v) is 6.23. The van der Waals surface area contributed by atoms with Crippen LogP contribution in [0.2, 0.25) is 0 Å². The molecule has 2 aliphatic heterocycles. The lowest BCUT2D eigenvalue weighted by Crippen LogP contribution is -2.44. The van der Waals surface area contributed by atoms with E-state index in [-0.39, 0.29) is 30.4 Å². The van der Waals surface area contributed by atoms with Crippen molar-refractivity contribution >= 4 is 28.6 Å². The Morgan fingerprint density at radius 3 is 2.88 bits per heavy atom. The Morgan fingerprint density at radius 2 is 2.09 bits per heavy atom. The van der Waals surface area contributed by atoms with E-state index in [1.807, 2.05) is 54.3 Å². The van der Waals surface area contributed by atoms with E-state index >= 15 is 0 Å². The fraction of sp³-hybridized carbons (Fsp3) is 0.400. The van der Waals surface area contributed by atoms with Crippen LogP contribution in [0.4, 0.5) is 0 Å². The van der Waals surface area contributed by atoms with Gasteiger partial charge in [0, 0.05) is 18.4 Å². The number of nitrogens with zero attached hydrogens (tertiary/aromatic N) is 3. The number of hydrogen-bond acceptors (Lipinski definition) is 7. The van der Waals surface area contributed by atoms with Crippen LogP contribution < -0.4 is 0 Å². The maximum Gasteiger partial charge on any atom is 0.310 e. The van der Waals surface area contributed by atoms with Crippen molar-refractivity contribution in [1.29, 1.82) is 0 Å². The Kier molecular flexibility index (Phi) is 6.00. The average molecular weight is 450 g/mol. The third kappa shape index (κ3) is 4.43. The molecule has 2 atom stereocenters. The number of esters is 1. The highest BCUT2D eigenvalue weighted by molar-refractivity contribution is 6.03. The minimum Gasteiger partial charge on any atom is -0.467 e. The molecule has 1 aromatic carbocycles. The lowest BCUT2D eigenvalue weighted by Gasteiger charge is -2.32. The summed E-state index contributed by atoms with van der Waals surface area (Å²) >= 11 is 0. The van der Waals surface area contributed by atoms with Crippen LogP contribution in [-0.2, 0) is 14.3 Å². The van der Waals surface area contributed by atoms with Crippen molar-refractivity contribution in [1.82, 2.24) is 9.91 Å². The summed E-state index contributed by atoms with van der Waals surface area (Å²) in [6, 6.07) is 13.1. The van der Waals surface area contributed by atoms with Gasteiger partial charge in [-0.25, -0.2) is 5.01 Å². The number of hydrazone groups is 1. The molecule has 5 rings (SSSR count). The van der Waals surface area contributed by atoms with Crippen LogP contribution in [0.25, 0.3) is 11.0 Å². The van der Waals surface area contributed by atoms with Gasteiger partial charge in [0.1, 0.15) is 23.1 Å². The zero-order valence-electron chi connectivity index (χ0n) is 18.6. The molecule has 4 heterocycles. The predicted octanol–water partition coefficient (Wildman–Crippen LogP) is 3.98. The Bertz CT molecular complexity index is 1130. The summed E-state index contributed by atoms with van der Waals surface area (Å²) in [5, 5.41) is 7.17. The standard InChI is InChI=1S/C25H27N3O5/c1-2-31-25(30)18-8-5-11-27(15-18)16-24(29)28-20(22-10-6-12-32-22)14-19(26-28)23-13-17-7-3-4-9-21(17)33-23/h3-4,6-7,9-10,12-13,18,20H,2,5,8,11,14-16H2,1H3. The van der Waals surface area contributed by atoms with E-state index in [0.29, 0.717) is 36.8 Å². The number of benzene rings is 1. The van der Waals surface area contributed by atoms with E-state index in [0.717, 1.165) is 30.4 Å². The molecule has 0 spiro atoms. The second-order valence-corrected chi connectivity index (χ2v) is 8.50. The van der Waals surface area contributed by atoms with Crippen molar-refractivity contribution in [3.8, 4) is 0 Å². The summed E-state index contributed by atoms with van der Waals surface area (Å²) in [5.74, 6) is 0.826. The molecular weight excluding hydrogens is 422 g/mol. The maximum absolute atomic E-state index is 13.4. The lowest BCUT2D eigenvalue weighted by atomic mass is 9.98. The summed E-state index contributed by atoms with van der Waals surface area (Å²) in [4.78, 5) is 27.6. The van der Waals surface area contributed by atoms with Crippen LogP contribution >= 0.6 is 0 Å². The molecule has 33 heavy (non-hydrogen) atoms. The number of carbonyl (C=O) groups is 2. The van der Waals surface area contributed by atoms with E-state index < -0.39 is 0 Å². The van der Waals surface area contributed by atoms with Crippen molar-refractivity contribution in [3.63, 3.8) is 0 Å². The van der Waals surface area contributed by atoms with E-state index in [9.17, 15) is 9.59 Å². The number of ether oxygens (including phenoxy) is 1. The second-order valence-electron chi connectivity index (χ2n) is 8.50. The molecule has 3 aromatic rings. The van der Waals surface area contributed by atoms with Gasteiger partial charge < -0.3 is 13.6 Å². The number of hydrogen-bond donors (Lipinski definition) is 0. The molecule has 2 aromatic heterocycles. The molecule has 0 N–H and O–H groups in total. The molecule has 0 saturated carbocycles. The maximum atomic E-state index is 13.4.